The maximum Gasteiger partial charge on any atom is 0.329 e. The molecular formula is C19H16IN3O5. The summed E-state index contributed by atoms with van der Waals surface area (Å²) in [5.41, 5.74) is 1.12. The van der Waals surface area contributed by atoms with Crippen molar-refractivity contribution in [1.29, 1.82) is 0 Å². The molecule has 9 heteroatoms. The van der Waals surface area contributed by atoms with E-state index in [0.717, 1.165) is 4.90 Å². The molecule has 0 bridgehead atoms. The van der Waals surface area contributed by atoms with Crippen LogP contribution in [0.25, 0.3) is 6.08 Å². The number of aromatic hydroxyl groups is 1. The molecule has 4 amide bonds. The Morgan fingerprint density at radius 3 is 2.75 bits per heavy atom. The van der Waals surface area contributed by atoms with Crippen LogP contribution in [0.3, 0.4) is 0 Å². The summed E-state index contributed by atoms with van der Waals surface area (Å²) in [7, 11) is 1.48. The maximum absolute atomic E-state index is 12.5. The van der Waals surface area contributed by atoms with Crippen molar-refractivity contribution in [2.24, 2.45) is 0 Å². The molecule has 28 heavy (non-hydrogen) atoms. The lowest BCUT2D eigenvalue weighted by atomic mass is 10.2. The average molecular weight is 493 g/mol. The average Bonchev–Trinajstić information content (AvgIpc) is 2.92. The third kappa shape index (κ3) is 4.25. The summed E-state index contributed by atoms with van der Waals surface area (Å²) in [4.78, 5) is 37.7. The molecule has 0 atom stereocenters. The third-order valence-electron chi connectivity index (χ3n) is 3.93. The number of methoxy groups -OCH3 is 1. The zero-order valence-electron chi connectivity index (χ0n) is 14.7. The van der Waals surface area contributed by atoms with Crippen molar-refractivity contribution in [3.05, 3.63) is 57.3 Å². The molecule has 144 valence electrons. The Hall–Kier alpha value is -3.08. The summed E-state index contributed by atoms with van der Waals surface area (Å²) in [6, 6.07) is 10.9. The number of rotatable bonds is 5. The maximum atomic E-state index is 12.5. The SMILES string of the molecule is COc1ccccc1NC(=O)CN1C(=O)N/C(=C/c2ccc(O)c(I)c2)C1=O. The Bertz CT molecular complexity index is 989. The van der Waals surface area contributed by atoms with Gasteiger partial charge in [0, 0.05) is 0 Å². The topological polar surface area (TPSA) is 108 Å². The Kier molecular flexibility index (Phi) is 5.83. The fourth-order valence-corrected chi connectivity index (χ4v) is 3.12. The highest BCUT2D eigenvalue weighted by molar-refractivity contribution is 14.1. The Labute approximate surface area is 174 Å². The second kappa shape index (κ2) is 8.30. The largest absolute Gasteiger partial charge is 0.507 e. The number of para-hydroxylation sites is 2. The van der Waals surface area contributed by atoms with E-state index < -0.39 is 24.4 Å². The predicted octanol–water partition coefficient (Wildman–Crippen LogP) is 2.54. The summed E-state index contributed by atoms with van der Waals surface area (Å²) in [5.74, 6) is -0.550. The molecule has 8 nitrogen and oxygen atoms in total. The van der Waals surface area contributed by atoms with Gasteiger partial charge < -0.3 is 20.5 Å². The number of nitrogens with one attached hydrogen (secondary N) is 2. The molecule has 0 saturated carbocycles. The minimum atomic E-state index is -0.681. The van der Waals surface area contributed by atoms with Gasteiger partial charge in [0.15, 0.2) is 0 Å². The number of imide groups is 1. The van der Waals surface area contributed by atoms with Gasteiger partial charge in [-0.25, -0.2) is 9.69 Å². The van der Waals surface area contributed by atoms with Gasteiger partial charge in [-0.05, 0) is 58.5 Å². The van der Waals surface area contributed by atoms with Gasteiger partial charge >= 0.3 is 6.03 Å². The Morgan fingerprint density at radius 2 is 2.04 bits per heavy atom. The molecule has 1 aliphatic rings. The molecule has 0 spiro atoms. The zero-order chi connectivity index (χ0) is 20.3. The molecule has 2 aromatic rings. The van der Waals surface area contributed by atoms with Crippen LogP contribution in [0.4, 0.5) is 10.5 Å². The second-order valence-electron chi connectivity index (χ2n) is 5.84. The number of nitrogens with zero attached hydrogens (tertiary/aromatic N) is 1. The standard InChI is InChI=1S/C19H16IN3O5/c1-28-16-5-3-2-4-13(16)21-17(25)10-23-18(26)14(22-19(23)27)9-11-6-7-15(24)12(20)8-11/h2-9,24H,10H2,1H3,(H,21,25)(H,22,27)/b14-9+. The summed E-state index contributed by atoms with van der Waals surface area (Å²) in [5, 5.41) is 14.7. The van der Waals surface area contributed by atoms with Crippen LogP contribution in [-0.2, 0) is 9.59 Å². The highest BCUT2D eigenvalue weighted by Crippen LogP contribution is 2.24. The zero-order valence-corrected chi connectivity index (χ0v) is 16.9. The second-order valence-corrected chi connectivity index (χ2v) is 7.00. The van der Waals surface area contributed by atoms with Crippen molar-refractivity contribution in [1.82, 2.24) is 10.2 Å². The van der Waals surface area contributed by atoms with Crippen LogP contribution in [0.2, 0.25) is 0 Å². The first-order chi connectivity index (χ1) is 13.4. The Balaban J connectivity index is 1.72. The van der Waals surface area contributed by atoms with E-state index in [4.69, 9.17) is 4.74 Å². The summed E-state index contributed by atoms with van der Waals surface area (Å²) in [6.45, 7) is -0.437. The number of hydrogen-bond acceptors (Lipinski definition) is 5. The van der Waals surface area contributed by atoms with Crippen LogP contribution in [0.1, 0.15) is 5.56 Å². The number of urea groups is 1. The molecule has 1 heterocycles. The van der Waals surface area contributed by atoms with E-state index in [-0.39, 0.29) is 11.4 Å². The number of carbonyl (C=O) groups is 3. The van der Waals surface area contributed by atoms with Gasteiger partial charge in [0.1, 0.15) is 23.7 Å². The van der Waals surface area contributed by atoms with E-state index in [2.05, 4.69) is 10.6 Å². The minimum Gasteiger partial charge on any atom is -0.507 e. The monoisotopic (exact) mass is 493 g/mol. The van der Waals surface area contributed by atoms with Crippen molar-refractivity contribution < 1.29 is 24.2 Å². The first-order valence-corrected chi connectivity index (χ1v) is 9.23. The number of ether oxygens (including phenoxy) is 1. The van der Waals surface area contributed by atoms with Crippen molar-refractivity contribution in [3.8, 4) is 11.5 Å². The fourth-order valence-electron chi connectivity index (χ4n) is 2.58. The van der Waals surface area contributed by atoms with Gasteiger partial charge in [-0.3, -0.25) is 9.59 Å². The molecule has 1 fully saturated rings. The van der Waals surface area contributed by atoms with Crippen LogP contribution in [0.15, 0.2) is 48.2 Å². The van der Waals surface area contributed by atoms with Gasteiger partial charge in [-0.15, -0.1) is 0 Å². The lowest BCUT2D eigenvalue weighted by molar-refractivity contribution is -0.127. The van der Waals surface area contributed by atoms with Gasteiger partial charge in [0.2, 0.25) is 5.91 Å². The van der Waals surface area contributed by atoms with E-state index >= 15 is 0 Å². The highest BCUT2D eigenvalue weighted by atomic mass is 127. The quantitative estimate of drug-likeness (QED) is 0.337. The van der Waals surface area contributed by atoms with Crippen molar-refractivity contribution in [2.45, 2.75) is 0 Å². The van der Waals surface area contributed by atoms with Crippen LogP contribution >= 0.6 is 22.6 Å². The van der Waals surface area contributed by atoms with Gasteiger partial charge in [-0.2, -0.15) is 0 Å². The predicted molar refractivity (Wildman–Crippen MR) is 111 cm³/mol. The molecule has 0 radical (unpaired) electrons. The van der Waals surface area contributed by atoms with Crippen LogP contribution in [0.5, 0.6) is 11.5 Å². The van der Waals surface area contributed by atoms with Gasteiger partial charge in [0.25, 0.3) is 5.91 Å². The molecule has 0 unspecified atom stereocenters. The minimum absolute atomic E-state index is 0.0524. The molecule has 0 aromatic heterocycles. The summed E-state index contributed by atoms with van der Waals surface area (Å²) in [6.07, 6.45) is 1.49. The molecule has 2 aromatic carbocycles. The number of benzene rings is 2. The molecule has 1 saturated heterocycles. The van der Waals surface area contributed by atoms with Crippen LogP contribution in [0, 0.1) is 3.57 Å². The highest BCUT2D eigenvalue weighted by Gasteiger charge is 2.35. The van der Waals surface area contributed by atoms with Crippen molar-refractivity contribution in [3.63, 3.8) is 0 Å². The number of carbonyl (C=O) groups excluding carboxylic acids is 3. The van der Waals surface area contributed by atoms with E-state index in [1.165, 1.54) is 19.3 Å². The van der Waals surface area contributed by atoms with Crippen LogP contribution < -0.4 is 15.4 Å². The van der Waals surface area contributed by atoms with Crippen LogP contribution in [-0.4, -0.2) is 41.5 Å². The van der Waals surface area contributed by atoms with Crippen molar-refractivity contribution in [2.75, 3.05) is 19.0 Å². The lowest BCUT2D eigenvalue weighted by Crippen LogP contribution is -2.38. The van der Waals surface area contributed by atoms with Gasteiger partial charge in [-0.1, -0.05) is 18.2 Å². The molecule has 1 aliphatic heterocycles. The third-order valence-corrected chi connectivity index (χ3v) is 4.79. The fraction of sp³-hybridized carbons (Fsp3) is 0.105. The lowest BCUT2D eigenvalue weighted by Gasteiger charge is -2.13. The van der Waals surface area contributed by atoms with E-state index in [1.54, 1.807) is 36.4 Å². The molecular weight excluding hydrogens is 477 g/mol. The molecule has 3 N–H and O–H groups in total. The number of hydrogen-bond donors (Lipinski definition) is 3. The number of phenolic OH excluding ortho intramolecular Hbond substituents is 1. The normalized spacial score (nSPS) is 14.9. The number of anilines is 1. The Morgan fingerprint density at radius 1 is 1.29 bits per heavy atom. The summed E-state index contributed by atoms with van der Waals surface area (Å²) >= 11 is 1.96. The number of amides is 4. The van der Waals surface area contributed by atoms with Gasteiger partial charge in [0.05, 0.1) is 16.4 Å². The molecule has 3 rings (SSSR count). The first kappa shape index (κ1) is 19.7. The molecule has 0 aliphatic carbocycles. The number of halogens is 1. The van der Waals surface area contributed by atoms with Crippen molar-refractivity contribution >= 4 is 52.2 Å². The van der Waals surface area contributed by atoms with E-state index in [1.807, 2.05) is 22.6 Å². The van der Waals surface area contributed by atoms with E-state index in [9.17, 15) is 19.5 Å². The van der Waals surface area contributed by atoms with E-state index in [0.29, 0.717) is 20.6 Å². The first-order valence-electron chi connectivity index (χ1n) is 8.15. The smallest absolute Gasteiger partial charge is 0.329 e. The number of phenols is 1. The summed E-state index contributed by atoms with van der Waals surface area (Å²) < 4.78 is 5.77.